The molecule has 0 amide bonds. The minimum Gasteiger partial charge on any atom is -0.508 e. The average molecular weight is 198 g/mol. The minimum atomic E-state index is -1.28. The van der Waals surface area contributed by atoms with E-state index < -0.39 is 11.9 Å². The Morgan fingerprint density at radius 1 is 0.929 bits per heavy atom. The van der Waals surface area contributed by atoms with Crippen LogP contribution in [0, 0.1) is 0 Å². The van der Waals surface area contributed by atoms with Gasteiger partial charge < -0.3 is 15.3 Å². The maximum absolute atomic E-state index is 10.4. The van der Waals surface area contributed by atoms with Gasteiger partial charge in [0.05, 0.1) is 11.1 Å². The van der Waals surface area contributed by atoms with E-state index in [0.717, 1.165) is 18.2 Å². The quantitative estimate of drug-likeness (QED) is 0.668. The van der Waals surface area contributed by atoms with E-state index in [2.05, 4.69) is 0 Å². The van der Waals surface area contributed by atoms with Crippen LogP contribution >= 0.6 is 0 Å². The Morgan fingerprint density at radius 3 is 1.57 bits per heavy atom. The molecule has 0 aliphatic carbocycles. The smallest absolute Gasteiger partial charge is 0.335 e. The van der Waals surface area contributed by atoms with E-state index in [0.29, 0.717) is 0 Å². The van der Waals surface area contributed by atoms with Gasteiger partial charge >= 0.3 is 11.9 Å². The molecular formula is C9H10O5. The van der Waals surface area contributed by atoms with Crippen LogP contribution in [0.5, 0.6) is 5.75 Å². The zero-order valence-electron chi connectivity index (χ0n) is 6.39. The summed E-state index contributed by atoms with van der Waals surface area (Å²) in [6, 6.07) is 2.94. The molecule has 0 atom stereocenters. The zero-order chi connectivity index (χ0) is 10.0. The monoisotopic (exact) mass is 198 g/mol. The van der Waals surface area contributed by atoms with Crippen LogP contribution in [0.3, 0.4) is 0 Å². The molecule has 1 aromatic carbocycles. The van der Waals surface area contributed by atoms with Crippen LogP contribution < -0.4 is 0 Å². The van der Waals surface area contributed by atoms with Crippen LogP contribution in [0.1, 0.15) is 28.1 Å². The molecule has 0 bridgehead atoms. The lowest BCUT2D eigenvalue weighted by molar-refractivity contribution is 0.0696. The summed E-state index contributed by atoms with van der Waals surface area (Å²) in [6.45, 7) is 0. The third-order valence-electron chi connectivity index (χ3n) is 1.41. The van der Waals surface area contributed by atoms with Gasteiger partial charge in [-0.05, 0) is 18.2 Å². The van der Waals surface area contributed by atoms with Crippen molar-refractivity contribution >= 4 is 11.9 Å². The summed E-state index contributed by atoms with van der Waals surface area (Å²) in [5, 5.41) is 26.0. The summed E-state index contributed by atoms with van der Waals surface area (Å²) < 4.78 is 0. The number of hydrogen-bond donors (Lipinski definition) is 3. The highest BCUT2D eigenvalue weighted by atomic mass is 16.4. The molecule has 0 saturated carbocycles. The summed E-state index contributed by atoms with van der Waals surface area (Å²) in [7, 11) is 0. The summed E-state index contributed by atoms with van der Waals surface area (Å²) >= 11 is 0. The van der Waals surface area contributed by atoms with E-state index in [4.69, 9.17) is 15.3 Å². The Balaban J connectivity index is 0.00000169. The number of phenols is 1. The molecule has 0 aliphatic heterocycles. The molecule has 0 heterocycles. The molecule has 0 saturated heterocycles. The summed E-state index contributed by atoms with van der Waals surface area (Å²) in [5.74, 6) is -2.94. The number of aromatic hydroxyl groups is 1. The van der Waals surface area contributed by atoms with E-state index in [-0.39, 0.29) is 24.3 Å². The van der Waals surface area contributed by atoms with Gasteiger partial charge in [0, 0.05) is 0 Å². The van der Waals surface area contributed by atoms with Crippen LogP contribution in [0.4, 0.5) is 0 Å². The van der Waals surface area contributed by atoms with Gasteiger partial charge in [-0.25, -0.2) is 9.59 Å². The lowest BCUT2D eigenvalue weighted by Gasteiger charge is -1.98. The van der Waals surface area contributed by atoms with Crippen molar-refractivity contribution in [3.63, 3.8) is 0 Å². The molecule has 14 heavy (non-hydrogen) atoms. The molecule has 76 valence electrons. The first-order valence-electron chi connectivity index (χ1n) is 3.31. The first-order valence-corrected chi connectivity index (χ1v) is 3.31. The normalized spacial score (nSPS) is 8.86. The average Bonchev–Trinajstić information content (AvgIpc) is 2.03. The van der Waals surface area contributed by atoms with Crippen LogP contribution in [-0.2, 0) is 0 Å². The highest BCUT2D eigenvalue weighted by Gasteiger charge is 2.10. The van der Waals surface area contributed by atoms with E-state index in [1.807, 2.05) is 0 Å². The van der Waals surface area contributed by atoms with E-state index in [1.165, 1.54) is 0 Å². The number of carbonyl (C=O) groups is 2. The Morgan fingerprint density at radius 2 is 1.29 bits per heavy atom. The van der Waals surface area contributed by atoms with Crippen LogP contribution in [0.15, 0.2) is 18.2 Å². The highest BCUT2D eigenvalue weighted by Crippen LogP contribution is 2.15. The second-order valence-electron chi connectivity index (χ2n) is 2.38. The van der Waals surface area contributed by atoms with Crippen LogP contribution in [0.2, 0.25) is 0 Å². The third-order valence-corrected chi connectivity index (χ3v) is 1.41. The molecule has 5 heteroatoms. The van der Waals surface area contributed by atoms with Crippen molar-refractivity contribution in [2.45, 2.75) is 7.43 Å². The molecule has 3 N–H and O–H groups in total. The zero-order valence-corrected chi connectivity index (χ0v) is 6.39. The van der Waals surface area contributed by atoms with Crippen LogP contribution in [0.25, 0.3) is 0 Å². The molecule has 1 rings (SSSR count). The molecular weight excluding hydrogens is 188 g/mol. The number of carboxylic acid groups (broad SMARTS) is 2. The maximum Gasteiger partial charge on any atom is 0.335 e. The largest absolute Gasteiger partial charge is 0.508 e. The van der Waals surface area contributed by atoms with Gasteiger partial charge in [0.25, 0.3) is 0 Å². The summed E-state index contributed by atoms with van der Waals surface area (Å²) in [4.78, 5) is 20.8. The summed E-state index contributed by atoms with van der Waals surface area (Å²) in [5.41, 5.74) is -0.505. The van der Waals surface area contributed by atoms with Gasteiger partial charge in [0.2, 0.25) is 0 Å². The highest BCUT2D eigenvalue weighted by molar-refractivity contribution is 5.94. The van der Waals surface area contributed by atoms with Crippen molar-refractivity contribution in [2.24, 2.45) is 0 Å². The number of phenolic OH excluding ortho intramolecular Hbond substituents is 1. The number of carboxylic acids is 2. The first-order chi connectivity index (χ1) is 6.00. The van der Waals surface area contributed by atoms with Gasteiger partial charge in [-0.1, -0.05) is 7.43 Å². The second kappa shape index (κ2) is 4.27. The van der Waals surface area contributed by atoms with Gasteiger partial charge in [-0.3, -0.25) is 0 Å². The van der Waals surface area contributed by atoms with Crippen molar-refractivity contribution in [2.75, 3.05) is 0 Å². The number of hydrogen-bond acceptors (Lipinski definition) is 3. The fourth-order valence-electron chi connectivity index (χ4n) is 0.858. The number of aromatic carboxylic acids is 2. The topological polar surface area (TPSA) is 94.8 Å². The van der Waals surface area contributed by atoms with Crippen molar-refractivity contribution in [1.29, 1.82) is 0 Å². The Bertz CT molecular complexity index is 337. The predicted octanol–water partition coefficient (Wildman–Crippen LogP) is 1.42. The SMILES string of the molecule is C.O=C(O)c1cc(O)cc(C(=O)O)c1. The molecule has 5 nitrogen and oxygen atoms in total. The van der Waals surface area contributed by atoms with E-state index >= 15 is 0 Å². The minimum absolute atomic E-state index is 0. The summed E-state index contributed by atoms with van der Waals surface area (Å²) in [6.07, 6.45) is 0. The first kappa shape index (κ1) is 12.0. The Kier molecular flexibility index (Phi) is 3.65. The molecule has 0 fully saturated rings. The molecule has 0 aromatic heterocycles. The number of benzene rings is 1. The Labute approximate surface area is 80.2 Å². The maximum atomic E-state index is 10.4. The molecule has 0 spiro atoms. The lowest BCUT2D eigenvalue weighted by Crippen LogP contribution is -2.01. The standard InChI is InChI=1S/C8H6O5.CH4/c9-6-2-4(7(10)11)1-5(3-6)8(12)13;/h1-3,9H,(H,10,11)(H,12,13);1H4. The van der Waals surface area contributed by atoms with Gasteiger partial charge in [-0.15, -0.1) is 0 Å². The van der Waals surface area contributed by atoms with Gasteiger partial charge in [0.1, 0.15) is 5.75 Å². The van der Waals surface area contributed by atoms with Gasteiger partial charge in [0.15, 0.2) is 0 Å². The van der Waals surface area contributed by atoms with Crippen molar-refractivity contribution in [1.82, 2.24) is 0 Å². The molecule has 1 aromatic rings. The van der Waals surface area contributed by atoms with Crippen LogP contribution in [-0.4, -0.2) is 27.3 Å². The van der Waals surface area contributed by atoms with E-state index in [9.17, 15) is 9.59 Å². The second-order valence-corrected chi connectivity index (χ2v) is 2.38. The van der Waals surface area contributed by atoms with Crippen molar-refractivity contribution in [3.05, 3.63) is 29.3 Å². The van der Waals surface area contributed by atoms with Crippen molar-refractivity contribution < 1.29 is 24.9 Å². The van der Waals surface area contributed by atoms with E-state index in [1.54, 1.807) is 0 Å². The molecule has 0 unspecified atom stereocenters. The van der Waals surface area contributed by atoms with Crippen molar-refractivity contribution in [3.8, 4) is 5.75 Å². The molecule has 0 radical (unpaired) electrons. The lowest BCUT2D eigenvalue weighted by atomic mass is 10.1. The molecule has 0 aliphatic rings. The predicted molar refractivity (Wildman–Crippen MR) is 48.8 cm³/mol. The Hall–Kier alpha value is -2.04. The number of rotatable bonds is 2. The third kappa shape index (κ3) is 2.48. The van der Waals surface area contributed by atoms with Gasteiger partial charge in [-0.2, -0.15) is 0 Å². The fourth-order valence-corrected chi connectivity index (χ4v) is 0.858. The fraction of sp³-hybridized carbons (Fsp3) is 0.111.